The summed E-state index contributed by atoms with van der Waals surface area (Å²) in [6, 6.07) is 10.8. The number of esters is 1. The van der Waals surface area contributed by atoms with Crippen LogP contribution < -0.4 is 10.2 Å². The summed E-state index contributed by atoms with van der Waals surface area (Å²) in [6.45, 7) is -0.270. The van der Waals surface area contributed by atoms with Crippen molar-refractivity contribution in [3.8, 4) is 0 Å². The Labute approximate surface area is 237 Å². The highest BCUT2D eigenvalue weighted by Crippen LogP contribution is 2.40. The minimum Gasteiger partial charge on any atom is -0.477 e. The average molecular weight is 597 g/mol. The third-order valence-electron chi connectivity index (χ3n) is 5.82. The lowest BCUT2D eigenvalue weighted by Crippen LogP contribution is -2.70. The van der Waals surface area contributed by atoms with Crippen LogP contribution in [0.3, 0.4) is 0 Å². The van der Waals surface area contributed by atoms with Gasteiger partial charge in [0, 0.05) is 41.0 Å². The van der Waals surface area contributed by atoms with Gasteiger partial charge in [-0.3, -0.25) is 14.5 Å². The lowest BCUT2D eigenvalue weighted by molar-refractivity contribution is -0.150. The topological polar surface area (TPSA) is 116 Å². The zero-order valence-corrected chi connectivity index (χ0v) is 23.4. The molecule has 4 rings (SSSR count). The molecule has 2 aromatic rings. The van der Waals surface area contributed by atoms with Crippen molar-refractivity contribution in [1.29, 1.82) is 0 Å². The molecular formula is C25H23Cl2N3O6S2. The zero-order chi connectivity index (χ0) is 27.6. The van der Waals surface area contributed by atoms with Gasteiger partial charge in [-0.25, -0.2) is 9.59 Å². The Morgan fingerprint density at radius 2 is 1.89 bits per heavy atom. The van der Waals surface area contributed by atoms with Crippen molar-refractivity contribution >= 4 is 76.2 Å². The van der Waals surface area contributed by atoms with E-state index in [1.165, 1.54) is 23.5 Å². The van der Waals surface area contributed by atoms with Gasteiger partial charge in [-0.15, -0.1) is 23.5 Å². The van der Waals surface area contributed by atoms with E-state index in [1.54, 1.807) is 42.5 Å². The van der Waals surface area contributed by atoms with Gasteiger partial charge in [0.1, 0.15) is 23.7 Å². The predicted molar refractivity (Wildman–Crippen MR) is 148 cm³/mol. The third kappa shape index (κ3) is 6.06. The predicted octanol–water partition coefficient (Wildman–Crippen LogP) is 3.75. The van der Waals surface area contributed by atoms with Crippen LogP contribution in [0.2, 0.25) is 10.0 Å². The molecule has 2 aromatic carbocycles. The summed E-state index contributed by atoms with van der Waals surface area (Å²) in [4.78, 5) is 53.6. The largest absolute Gasteiger partial charge is 0.477 e. The number of halogens is 2. The number of carbonyl (C=O) groups excluding carboxylic acids is 3. The van der Waals surface area contributed by atoms with Crippen molar-refractivity contribution < 1.29 is 29.0 Å². The van der Waals surface area contributed by atoms with E-state index in [0.29, 0.717) is 26.1 Å². The second kappa shape index (κ2) is 11.9. The molecule has 2 aliphatic heterocycles. The number of nitrogens with one attached hydrogen (secondary N) is 1. The molecule has 1 saturated heterocycles. The number of β-lactam (4-membered cyclic amide) rings is 1. The number of amides is 2. The molecule has 2 aliphatic rings. The number of rotatable bonds is 9. The van der Waals surface area contributed by atoms with Gasteiger partial charge in [-0.1, -0.05) is 23.2 Å². The van der Waals surface area contributed by atoms with Gasteiger partial charge in [0.25, 0.3) is 5.91 Å². The Hall–Kier alpha value is -2.86. The van der Waals surface area contributed by atoms with Gasteiger partial charge in [0.2, 0.25) is 5.91 Å². The first-order valence-corrected chi connectivity index (χ1v) is 14.1. The Morgan fingerprint density at radius 3 is 2.55 bits per heavy atom. The third-order valence-corrected chi connectivity index (χ3v) is 8.89. The molecule has 0 aromatic heterocycles. The fourth-order valence-corrected chi connectivity index (χ4v) is 6.50. The normalized spacial score (nSPS) is 18.4. The van der Waals surface area contributed by atoms with E-state index in [0.717, 1.165) is 10.6 Å². The van der Waals surface area contributed by atoms with E-state index in [1.807, 2.05) is 19.0 Å². The van der Waals surface area contributed by atoms with E-state index in [9.17, 15) is 24.3 Å². The number of hydrogen-bond donors (Lipinski definition) is 2. The Bertz CT molecular complexity index is 1320. The number of nitrogens with zero attached hydrogens (tertiary/aromatic N) is 2. The Balaban J connectivity index is 1.37. The molecule has 2 N–H and O–H groups in total. The SMILES string of the molecule is CN(C)c1ccc(C(=O)OCC2=C(C(=O)O)N3C(=O)[C@@H](NC(=O)CSc4cc(Cl)ccc4Cl)[C@H]3SC2)cc1. The number of carboxylic acids is 1. The molecule has 2 atom stereocenters. The second-order valence-corrected chi connectivity index (χ2v) is 11.6. The van der Waals surface area contributed by atoms with Crippen molar-refractivity contribution in [3.63, 3.8) is 0 Å². The maximum atomic E-state index is 12.9. The fourth-order valence-electron chi connectivity index (χ4n) is 3.87. The summed E-state index contributed by atoms with van der Waals surface area (Å²) in [6.07, 6.45) is 0. The van der Waals surface area contributed by atoms with Gasteiger partial charge in [0.05, 0.1) is 16.3 Å². The van der Waals surface area contributed by atoms with Crippen molar-refractivity contribution in [2.75, 3.05) is 37.1 Å². The minimum absolute atomic E-state index is 0.000417. The molecule has 9 nitrogen and oxygen atoms in total. The van der Waals surface area contributed by atoms with E-state index in [4.69, 9.17) is 27.9 Å². The van der Waals surface area contributed by atoms with Gasteiger partial charge in [-0.05, 0) is 42.5 Å². The quantitative estimate of drug-likeness (QED) is 0.254. The Morgan fingerprint density at radius 1 is 1.18 bits per heavy atom. The van der Waals surface area contributed by atoms with Crippen LogP contribution in [-0.2, 0) is 19.1 Å². The number of aliphatic carboxylic acids is 1. The number of thioether (sulfide) groups is 2. The number of benzene rings is 2. The molecule has 0 radical (unpaired) electrons. The number of carbonyl (C=O) groups is 4. The van der Waals surface area contributed by atoms with Gasteiger partial charge < -0.3 is 20.1 Å². The molecule has 1 fully saturated rings. The summed E-state index contributed by atoms with van der Waals surface area (Å²) < 4.78 is 5.36. The summed E-state index contributed by atoms with van der Waals surface area (Å²) >= 11 is 14.6. The molecular weight excluding hydrogens is 573 g/mol. The van der Waals surface area contributed by atoms with Gasteiger partial charge >= 0.3 is 11.9 Å². The molecule has 13 heteroatoms. The highest BCUT2D eigenvalue weighted by Gasteiger charge is 2.54. The van der Waals surface area contributed by atoms with Gasteiger partial charge in [0.15, 0.2) is 0 Å². The fraction of sp³-hybridized carbons (Fsp3) is 0.280. The smallest absolute Gasteiger partial charge is 0.352 e. The minimum atomic E-state index is -1.30. The van der Waals surface area contributed by atoms with Crippen LogP contribution in [0.1, 0.15) is 10.4 Å². The van der Waals surface area contributed by atoms with Crippen LogP contribution in [0.25, 0.3) is 0 Å². The van der Waals surface area contributed by atoms with E-state index in [2.05, 4.69) is 5.32 Å². The van der Waals surface area contributed by atoms with E-state index >= 15 is 0 Å². The lowest BCUT2D eigenvalue weighted by Gasteiger charge is -2.49. The number of carboxylic acid groups (broad SMARTS) is 1. The highest BCUT2D eigenvalue weighted by molar-refractivity contribution is 8.00. The van der Waals surface area contributed by atoms with Crippen LogP contribution >= 0.6 is 46.7 Å². The molecule has 0 aliphatic carbocycles. The standard InChI is InChI=1S/C25H23Cl2N3O6S2/c1-29(2)16-6-3-13(4-7-16)25(35)36-10-14-11-38-23-20(22(32)30(23)21(14)24(33)34)28-19(31)12-37-18-9-15(26)5-8-17(18)27/h3-9,20,23H,10-12H2,1-2H3,(H,28,31)(H,33,34)/t20-,23-/m1/s1. The second-order valence-electron chi connectivity index (χ2n) is 8.59. The summed E-state index contributed by atoms with van der Waals surface area (Å²) in [5.74, 6) is -2.62. The molecule has 0 saturated carbocycles. The maximum absolute atomic E-state index is 12.9. The van der Waals surface area contributed by atoms with Crippen LogP contribution in [0.4, 0.5) is 5.69 Å². The molecule has 200 valence electrons. The number of fused-ring (bicyclic) bond motifs is 1. The highest BCUT2D eigenvalue weighted by atomic mass is 35.5. The number of ether oxygens (including phenoxy) is 1. The zero-order valence-electron chi connectivity index (χ0n) is 20.3. The Kier molecular flexibility index (Phi) is 8.81. The van der Waals surface area contributed by atoms with Crippen LogP contribution in [0.5, 0.6) is 0 Å². The van der Waals surface area contributed by atoms with E-state index < -0.39 is 35.2 Å². The van der Waals surface area contributed by atoms with Crippen molar-refractivity contribution in [1.82, 2.24) is 10.2 Å². The lowest BCUT2D eigenvalue weighted by atomic mass is 10.0. The number of hydrogen-bond acceptors (Lipinski definition) is 8. The van der Waals surface area contributed by atoms with Crippen LogP contribution in [-0.4, -0.2) is 77.4 Å². The maximum Gasteiger partial charge on any atom is 0.352 e. The van der Waals surface area contributed by atoms with Crippen molar-refractivity contribution in [2.24, 2.45) is 0 Å². The molecule has 2 heterocycles. The molecule has 0 spiro atoms. The number of anilines is 1. The first-order chi connectivity index (χ1) is 18.1. The molecule has 0 unspecified atom stereocenters. The first kappa shape index (κ1) is 28.2. The molecule has 2 amide bonds. The van der Waals surface area contributed by atoms with E-state index in [-0.39, 0.29) is 23.8 Å². The van der Waals surface area contributed by atoms with Crippen molar-refractivity contribution in [3.05, 3.63) is 69.3 Å². The average Bonchev–Trinajstić information content (AvgIpc) is 2.90. The monoisotopic (exact) mass is 595 g/mol. The molecule has 38 heavy (non-hydrogen) atoms. The van der Waals surface area contributed by atoms with Gasteiger partial charge in [-0.2, -0.15) is 0 Å². The van der Waals surface area contributed by atoms with Crippen molar-refractivity contribution in [2.45, 2.75) is 16.3 Å². The first-order valence-electron chi connectivity index (χ1n) is 11.3. The summed E-state index contributed by atoms with van der Waals surface area (Å²) in [5, 5.41) is 12.9. The molecule has 0 bridgehead atoms. The van der Waals surface area contributed by atoms with Crippen LogP contribution in [0, 0.1) is 0 Å². The summed E-state index contributed by atoms with van der Waals surface area (Å²) in [5.41, 5.74) is 1.33. The van der Waals surface area contributed by atoms with Crippen LogP contribution in [0.15, 0.2) is 58.6 Å². The summed E-state index contributed by atoms with van der Waals surface area (Å²) in [7, 11) is 3.76.